The summed E-state index contributed by atoms with van der Waals surface area (Å²) in [4.78, 5) is 14.1. The monoisotopic (exact) mass is 368 g/mol. The van der Waals surface area contributed by atoms with Crippen LogP contribution in [0.25, 0.3) is 0 Å². The van der Waals surface area contributed by atoms with Gasteiger partial charge in [-0.05, 0) is 0 Å². The van der Waals surface area contributed by atoms with E-state index in [-0.39, 0.29) is 5.52 Å². The molecule has 4 rings (SSSR count). The SMILES string of the molecule is O=C(c1ccccc1)[PH](c1ccccc1)(c1ccccc1)c1ccccc1. The number of carbonyl (C=O) groups excluding carboxylic acids is 1. The molecule has 0 bridgehead atoms. The van der Waals surface area contributed by atoms with Crippen molar-refractivity contribution in [2.24, 2.45) is 0 Å². The Bertz CT molecular complexity index is 916. The number of hydrogen-bond donors (Lipinski definition) is 0. The second kappa shape index (κ2) is 7.70. The Morgan fingerprint density at radius 3 is 1.07 bits per heavy atom. The van der Waals surface area contributed by atoms with E-state index < -0.39 is 7.26 Å². The van der Waals surface area contributed by atoms with Gasteiger partial charge in [-0.25, -0.2) is 0 Å². The Kier molecular flexibility index (Phi) is 4.96. The summed E-state index contributed by atoms with van der Waals surface area (Å²) in [6.45, 7) is 0. The molecule has 132 valence electrons. The van der Waals surface area contributed by atoms with Crippen LogP contribution in [0.5, 0.6) is 0 Å². The molecule has 0 aromatic heterocycles. The van der Waals surface area contributed by atoms with E-state index in [9.17, 15) is 4.79 Å². The molecule has 0 saturated heterocycles. The Hall–Kier alpha value is -3.02. The van der Waals surface area contributed by atoms with Crippen LogP contribution in [0.4, 0.5) is 0 Å². The van der Waals surface area contributed by atoms with Crippen molar-refractivity contribution in [3.8, 4) is 0 Å². The van der Waals surface area contributed by atoms with E-state index in [1.54, 1.807) is 0 Å². The van der Waals surface area contributed by atoms with Gasteiger partial charge >= 0.3 is 160 Å². The van der Waals surface area contributed by atoms with Gasteiger partial charge in [0, 0.05) is 0 Å². The van der Waals surface area contributed by atoms with E-state index >= 15 is 0 Å². The van der Waals surface area contributed by atoms with Crippen molar-refractivity contribution >= 4 is 28.7 Å². The van der Waals surface area contributed by atoms with E-state index in [4.69, 9.17) is 0 Å². The first kappa shape index (κ1) is 17.4. The molecule has 0 atom stereocenters. The summed E-state index contributed by atoms with van der Waals surface area (Å²) < 4.78 is 0. The summed E-state index contributed by atoms with van der Waals surface area (Å²) in [6.07, 6.45) is 0. The zero-order chi connectivity index (χ0) is 18.5. The van der Waals surface area contributed by atoms with Crippen molar-refractivity contribution in [3.63, 3.8) is 0 Å². The van der Waals surface area contributed by atoms with Gasteiger partial charge in [0.05, 0.1) is 0 Å². The first-order valence-corrected chi connectivity index (χ1v) is 11.1. The molecule has 2 heteroatoms. The molecular formula is C25H21OP. The van der Waals surface area contributed by atoms with Crippen LogP contribution in [0.15, 0.2) is 121 Å². The molecular weight excluding hydrogens is 347 g/mol. The van der Waals surface area contributed by atoms with Gasteiger partial charge in [0.2, 0.25) is 0 Å². The number of hydrogen-bond acceptors (Lipinski definition) is 1. The normalized spacial score (nSPS) is 11.7. The van der Waals surface area contributed by atoms with E-state index in [0.29, 0.717) is 0 Å². The minimum atomic E-state index is -2.91. The molecule has 0 aliphatic carbocycles. The van der Waals surface area contributed by atoms with Crippen LogP contribution in [0, 0.1) is 0 Å². The van der Waals surface area contributed by atoms with Crippen molar-refractivity contribution in [1.82, 2.24) is 0 Å². The zero-order valence-corrected chi connectivity index (χ0v) is 16.0. The molecule has 4 aromatic rings. The zero-order valence-electron chi connectivity index (χ0n) is 15.0. The van der Waals surface area contributed by atoms with Gasteiger partial charge in [0.25, 0.3) is 0 Å². The molecule has 0 N–H and O–H groups in total. The van der Waals surface area contributed by atoms with E-state index in [1.807, 2.05) is 84.9 Å². The second-order valence-electron chi connectivity index (χ2n) is 6.54. The Morgan fingerprint density at radius 1 is 0.444 bits per heavy atom. The maximum atomic E-state index is 14.1. The van der Waals surface area contributed by atoms with Crippen molar-refractivity contribution in [2.45, 2.75) is 0 Å². The van der Waals surface area contributed by atoms with E-state index in [2.05, 4.69) is 36.4 Å². The third kappa shape index (κ3) is 3.12. The standard InChI is InChI=1S/C25H21OP/c26-25(21-13-5-1-6-14-21)27(22-15-7-2-8-16-22,23-17-9-3-10-18-23)24-19-11-4-12-20-24/h1-20,27H. The summed E-state index contributed by atoms with van der Waals surface area (Å²) in [7, 11) is -2.91. The topological polar surface area (TPSA) is 17.1 Å². The van der Waals surface area contributed by atoms with Crippen LogP contribution in [0.2, 0.25) is 0 Å². The summed E-state index contributed by atoms with van der Waals surface area (Å²) in [6, 6.07) is 40.5. The molecule has 0 saturated carbocycles. The van der Waals surface area contributed by atoms with Crippen molar-refractivity contribution in [3.05, 3.63) is 127 Å². The summed E-state index contributed by atoms with van der Waals surface area (Å²) >= 11 is 0. The molecule has 0 unspecified atom stereocenters. The summed E-state index contributed by atoms with van der Waals surface area (Å²) in [5, 5.41) is 3.32. The molecule has 0 fully saturated rings. The fourth-order valence-corrected chi connectivity index (χ4v) is 8.23. The van der Waals surface area contributed by atoms with Crippen LogP contribution in [0.1, 0.15) is 10.4 Å². The molecule has 0 spiro atoms. The van der Waals surface area contributed by atoms with Gasteiger partial charge in [-0.2, -0.15) is 0 Å². The van der Waals surface area contributed by atoms with Crippen molar-refractivity contribution < 1.29 is 4.79 Å². The Morgan fingerprint density at radius 2 is 0.741 bits per heavy atom. The molecule has 0 aliphatic heterocycles. The average Bonchev–Trinajstić information content (AvgIpc) is 2.77. The van der Waals surface area contributed by atoms with Gasteiger partial charge in [-0.3, -0.25) is 0 Å². The Balaban J connectivity index is 2.08. The Labute approximate surface area is 160 Å². The molecule has 0 heterocycles. The van der Waals surface area contributed by atoms with Crippen LogP contribution >= 0.6 is 7.26 Å². The summed E-state index contributed by atoms with van der Waals surface area (Å²) in [5.41, 5.74) is 0.979. The molecule has 0 amide bonds. The van der Waals surface area contributed by atoms with Gasteiger partial charge in [-0.1, -0.05) is 0 Å². The fourth-order valence-electron chi connectivity index (χ4n) is 3.76. The fraction of sp³-hybridized carbons (Fsp3) is 0. The summed E-state index contributed by atoms with van der Waals surface area (Å²) in [5.74, 6) is 0. The molecule has 1 nitrogen and oxygen atoms in total. The van der Waals surface area contributed by atoms with Gasteiger partial charge < -0.3 is 0 Å². The first-order chi connectivity index (χ1) is 13.3. The van der Waals surface area contributed by atoms with Gasteiger partial charge in [-0.15, -0.1) is 0 Å². The maximum absolute atomic E-state index is 14.1. The van der Waals surface area contributed by atoms with Crippen LogP contribution in [-0.2, 0) is 0 Å². The number of carbonyl (C=O) groups is 1. The number of benzene rings is 4. The third-order valence-electron chi connectivity index (χ3n) is 5.00. The third-order valence-corrected chi connectivity index (χ3v) is 9.56. The van der Waals surface area contributed by atoms with Crippen LogP contribution in [0.3, 0.4) is 0 Å². The van der Waals surface area contributed by atoms with Gasteiger partial charge in [0.15, 0.2) is 0 Å². The minimum absolute atomic E-state index is 0.215. The van der Waals surface area contributed by atoms with E-state index in [1.165, 1.54) is 0 Å². The van der Waals surface area contributed by atoms with E-state index in [0.717, 1.165) is 21.5 Å². The average molecular weight is 368 g/mol. The molecule has 27 heavy (non-hydrogen) atoms. The van der Waals surface area contributed by atoms with Crippen LogP contribution < -0.4 is 15.9 Å². The number of rotatable bonds is 5. The quantitative estimate of drug-likeness (QED) is 0.472. The molecule has 0 aliphatic rings. The van der Waals surface area contributed by atoms with Gasteiger partial charge in [0.1, 0.15) is 0 Å². The van der Waals surface area contributed by atoms with Crippen molar-refractivity contribution in [2.75, 3.05) is 0 Å². The predicted octanol–water partition coefficient (Wildman–Crippen LogP) is 4.55. The molecule has 0 radical (unpaired) electrons. The molecule has 4 aromatic carbocycles. The predicted molar refractivity (Wildman–Crippen MR) is 117 cm³/mol. The first-order valence-electron chi connectivity index (χ1n) is 9.10. The second-order valence-corrected chi connectivity index (χ2v) is 10.2. The van der Waals surface area contributed by atoms with Crippen LogP contribution in [-0.4, -0.2) is 5.52 Å². The van der Waals surface area contributed by atoms with Crippen molar-refractivity contribution in [1.29, 1.82) is 0 Å².